The smallest absolute Gasteiger partial charge is 0.114 e. The lowest BCUT2D eigenvalue weighted by Crippen LogP contribution is -1.84. The lowest BCUT2D eigenvalue weighted by atomic mass is 10.3. The fraction of sp³-hybridized carbons (Fsp3) is 0.182. The van der Waals surface area contributed by atoms with Crippen LogP contribution in [-0.2, 0) is 5.75 Å². The lowest BCUT2D eigenvalue weighted by molar-refractivity contribution is 0.530. The topological polar surface area (TPSA) is 26.0 Å². The monoisotopic (exact) mass is 283 g/mol. The van der Waals surface area contributed by atoms with E-state index < -0.39 is 0 Å². The minimum atomic E-state index is 0.807. The van der Waals surface area contributed by atoms with Gasteiger partial charge in [0.1, 0.15) is 10.8 Å². The van der Waals surface area contributed by atoms with Crippen LogP contribution >= 0.6 is 27.7 Å². The number of hydrogen-bond donors (Lipinski definition) is 0. The third-order valence-electron chi connectivity index (χ3n) is 1.88. The lowest BCUT2D eigenvalue weighted by Gasteiger charge is -2.02. The molecule has 0 aliphatic carbocycles. The molecule has 0 atom stereocenters. The van der Waals surface area contributed by atoms with Crippen molar-refractivity contribution in [2.24, 2.45) is 0 Å². The third-order valence-corrected chi connectivity index (χ3v) is 3.77. The van der Waals surface area contributed by atoms with E-state index in [0.29, 0.717) is 0 Å². The fourth-order valence-electron chi connectivity index (χ4n) is 1.16. The van der Waals surface area contributed by atoms with Gasteiger partial charge in [-0.05, 0) is 46.6 Å². The van der Waals surface area contributed by atoms with Crippen LogP contribution in [0.1, 0.15) is 11.3 Å². The Hall–Kier alpha value is -0.740. The molecule has 78 valence electrons. The Balaban J connectivity index is 2.05. The van der Waals surface area contributed by atoms with Crippen molar-refractivity contribution in [3.05, 3.63) is 46.5 Å². The van der Waals surface area contributed by atoms with Crippen LogP contribution in [0.15, 0.2) is 44.6 Å². The van der Waals surface area contributed by atoms with Gasteiger partial charge in [-0.3, -0.25) is 0 Å². The highest BCUT2D eigenvalue weighted by Gasteiger charge is 2.04. The molecule has 0 aliphatic heterocycles. The molecule has 2 rings (SSSR count). The molecule has 0 aliphatic rings. The Kier molecular flexibility index (Phi) is 3.49. The van der Waals surface area contributed by atoms with Gasteiger partial charge in [0.15, 0.2) is 0 Å². The SMILES string of the molecule is Cc1cnc(SCc2ccco2)c(Br)c1. The zero-order valence-corrected chi connectivity index (χ0v) is 10.6. The van der Waals surface area contributed by atoms with E-state index in [1.54, 1.807) is 18.0 Å². The second-order valence-corrected chi connectivity index (χ2v) is 4.99. The zero-order chi connectivity index (χ0) is 10.7. The van der Waals surface area contributed by atoms with Crippen molar-refractivity contribution >= 4 is 27.7 Å². The van der Waals surface area contributed by atoms with Crippen molar-refractivity contribution < 1.29 is 4.42 Å². The average molecular weight is 284 g/mol. The fourth-order valence-corrected chi connectivity index (χ4v) is 2.74. The Bertz CT molecular complexity index is 442. The van der Waals surface area contributed by atoms with Gasteiger partial charge in [0, 0.05) is 6.20 Å². The van der Waals surface area contributed by atoms with Crippen molar-refractivity contribution in [2.45, 2.75) is 17.7 Å². The van der Waals surface area contributed by atoms with Gasteiger partial charge in [0.05, 0.1) is 16.5 Å². The molecule has 0 saturated heterocycles. The number of rotatable bonds is 3. The maximum Gasteiger partial charge on any atom is 0.114 e. The number of nitrogens with zero attached hydrogens (tertiary/aromatic N) is 1. The van der Waals surface area contributed by atoms with Crippen LogP contribution in [0.4, 0.5) is 0 Å². The summed E-state index contributed by atoms with van der Waals surface area (Å²) >= 11 is 5.16. The summed E-state index contributed by atoms with van der Waals surface area (Å²) in [6.07, 6.45) is 3.56. The van der Waals surface area contributed by atoms with E-state index >= 15 is 0 Å². The number of pyridine rings is 1. The second kappa shape index (κ2) is 4.86. The van der Waals surface area contributed by atoms with Crippen molar-refractivity contribution in [1.82, 2.24) is 4.98 Å². The van der Waals surface area contributed by atoms with E-state index in [-0.39, 0.29) is 0 Å². The zero-order valence-electron chi connectivity index (χ0n) is 8.24. The van der Waals surface area contributed by atoms with Gasteiger partial charge < -0.3 is 4.42 Å². The summed E-state index contributed by atoms with van der Waals surface area (Å²) in [4.78, 5) is 4.35. The van der Waals surface area contributed by atoms with Gasteiger partial charge in [0.2, 0.25) is 0 Å². The van der Waals surface area contributed by atoms with Crippen molar-refractivity contribution in [2.75, 3.05) is 0 Å². The molecule has 15 heavy (non-hydrogen) atoms. The van der Waals surface area contributed by atoms with Crippen LogP contribution in [0.5, 0.6) is 0 Å². The van der Waals surface area contributed by atoms with E-state index in [9.17, 15) is 0 Å². The molecule has 2 heterocycles. The van der Waals surface area contributed by atoms with Gasteiger partial charge in [-0.1, -0.05) is 11.8 Å². The van der Waals surface area contributed by atoms with Gasteiger partial charge in [-0.25, -0.2) is 4.98 Å². The maximum atomic E-state index is 5.25. The molecule has 2 aromatic heterocycles. The molecule has 0 radical (unpaired) electrons. The normalized spacial score (nSPS) is 10.5. The molecule has 0 spiro atoms. The molecule has 0 aromatic carbocycles. The number of aryl methyl sites for hydroxylation is 1. The summed E-state index contributed by atoms with van der Waals surface area (Å²) < 4.78 is 6.30. The van der Waals surface area contributed by atoms with E-state index in [1.807, 2.05) is 25.3 Å². The van der Waals surface area contributed by atoms with E-state index in [1.165, 1.54) is 0 Å². The molecule has 2 aromatic rings. The molecule has 0 saturated carbocycles. The minimum Gasteiger partial charge on any atom is -0.468 e. The van der Waals surface area contributed by atoms with Crippen LogP contribution in [-0.4, -0.2) is 4.98 Å². The molecule has 2 nitrogen and oxygen atoms in total. The van der Waals surface area contributed by atoms with Crippen LogP contribution in [0.3, 0.4) is 0 Å². The molecule has 0 bridgehead atoms. The number of furan rings is 1. The Labute approximate surface area is 101 Å². The predicted octanol–water partition coefficient (Wildman–Crippen LogP) is 4.04. The van der Waals surface area contributed by atoms with Crippen LogP contribution < -0.4 is 0 Å². The highest BCUT2D eigenvalue weighted by Crippen LogP contribution is 2.28. The third kappa shape index (κ3) is 2.86. The summed E-state index contributed by atoms with van der Waals surface area (Å²) in [6, 6.07) is 5.93. The summed E-state index contributed by atoms with van der Waals surface area (Å²) in [5, 5.41) is 0.997. The Morgan fingerprint density at radius 3 is 3.07 bits per heavy atom. The first-order valence-corrected chi connectivity index (χ1v) is 6.31. The molecule has 0 fully saturated rings. The number of thioether (sulfide) groups is 1. The first-order valence-electron chi connectivity index (χ1n) is 4.53. The standard InChI is InChI=1S/C11H10BrNOS/c1-8-5-10(12)11(13-6-8)15-7-9-3-2-4-14-9/h2-6H,7H2,1H3. The van der Waals surface area contributed by atoms with Gasteiger partial charge in [-0.15, -0.1) is 0 Å². The van der Waals surface area contributed by atoms with Gasteiger partial charge >= 0.3 is 0 Å². The Morgan fingerprint density at radius 2 is 2.40 bits per heavy atom. The molecule has 0 N–H and O–H groups in total. The van der Waals surface area contributed by atoms with Crippen molar-refractivity contribution in [1.29, 1.82) is 0 Å². The molecule has 0 unspecified atom stereocenters. The van der Waals surface area contributed by atoms with Crippen LogP contribution in [0.2, 0.25) is 0 Å². The van der Waals surface area contributed by atoms with Gasteiger partial charge in [-0.2, -0.15) is 0 Å². The Morgan fingerprint density at radius 1 is 1.53 bits per heavy atom. The van der Waals surface area contributed by atoms with Crippen LogP contribution in [0.25, 0.3) is 0 Å². The summed E-state index contributed by atoms with van der Waals surface area (Å²) in [5.41, 5.74) is 1.16. The summed E-state index contributed by atoms with van der Waals surface area (Å²) in [6.45, 7) is 2.03. The summed E-state index contributed by atoms with van der Waals surface area (Å²) in [5.74, 6) is 1.77. The summed E-state index contributed by atoms with van der Waals surface area (Å²) in [7, 11) is 0. The minimum absolute atomic E-state index is 0.807. The quantitative estimate of drug-likeness (QED) is 0.796. The van der Waals surface area contributed by atoms with E-state index in [0.717, 1.165) is 26.6 Å². The van der Waals surface area contributed by atoms with E-state index in [2.05, 4.69) is 27.0 Å². The largest absolute Gasteiger partial charge is 0.468 e. The second-order valence-electron chi connectivity index (χ2n) is 3.17. The first kappa shape index (κ1) is 10.8. The molecular formula is C11H10BrNOS. The number of aromatic nitrogens is 1. The van der Waals surface area contributed by atoms with Crippen molar-refractivity contribution in [3.63, 3.8) is 0 Å². The molecule has 4 heteroatoms. The highest BCUT2D eigenvalue weighted by molar-refractivity contribution is 9.10. The van der Waals surface area contributed by atoms with E-state index in [4.69, 9.17) is 4.42 Å². The number of hydrogen-bond acceptors (Lipinski definition) is 3. The van der Waals surface area contributed by atoms with Crippen LogP contribution in [0, 0.1) is 6.92 Å². The first-order chi connectivity index (χ1) is 7.25. The van der Waals surface area contributed by atoms with Gasteiger partial charge in [0.25, 0.3) is 0 Å². The average Bonchev–Trinajstić information content (AvgIpc) is 2.69. The molecular weight excluding hydrogens is 274 g/mol. The molecule has 0 amide bonds. The highest BCUT2D eigenvalue weighted by atomic mass is 79.9. The van der Waals surface area contributed by atoms with Crippen molar-refractivity contribution in [3.8, 4) is 0 Å². The number of halogens is 1. The predicted molar refractivity (Wildman–Crippen MR) is 64.9 cm³/mol. The maximum absolute atomic E-state index is 5.25.